The zero-order valence-corrected chi connectivity index (χ0v) is 14.2. The van der Waals surface area contributed by atoms with Gasteiger partial charge in [-0.15, -0.1) is 11.8 Å². The molecule has 23 heavy (non-hydrogen) atoms. The van der Waals surface area contributed by atoms with Crippen LogP contribution in [0.2, 0.25) is 0 Å². The predicted octanol–water partition coefficient (Wildman–Crippen LogP) is 5.53. The molecule has 1 aromatic rings. The summed E-state index contributed by atoms with van der Waals surface area (Å²) in [7, 11) is 0. The number of halogens is 5. The number of thioether (sulfide) groups is 1. The average molecular weight is 364 g/mol. The molecule has 0 aliphatic heterocycles. The Morgan fingerprint density at radius 1 is 0.913 bits per heavy atom. The van der Waals surface area contributed by atoms with Gasteiger partial charge in [-0.05, 0) is 62.8 Å². The third-order valence-corrected chi connectivity index (χ3v) is 4.78. The molecule has 1 fully saturated rings. The minimum atomic E-state index is 0. The van der Waals surface area contributed by atoms with Crippen molar-refractivity contribution in [3.8, 4) is 0 Å². The second-order valence-corrected chi connectivity index (χ2v) is 6.22. The standard InChI is InChI=1S/C16H24OS.5FH/c1-2-17-15-10-8-14(9-11-15)12-13-18-16-6-4-3-5-7-16;;;;;/h3-7,14-15H,2,8-13H2,1H3;5*1H. The van der Waals surface area contributed by atoms with E-state index in [4.69, 9.17) is 4.74 Å². The Kier molecular flexibility index (Phi) is 22.9. The molecule has 1 aromatic carbocycles. The van der Waals surface area contributed by atoms with Gasteiger partial charge in [0, 0.05) is 11.5 Å². The third-order valence-electron chi connectivity index (χ3n) is 3.73. The second-order valence-electron chi connectivity index (χ2n) is 5.05. The summed E-state index contributed by atoms with van der Waals surface area (Å²) in [5, 5.41) is 0. The summed E-state index contributed by atoms with van der Waals surface area (Å²) in [5.41, 5.74) is 0. The molecule has 1 nitrogen and oxygen atoms in total. The molecule has 0 aromatic heterocycles. The predicted molar refractivity (Wildman–Crippen MR) is 91.7 cm³/mol. The maximum absolute atomic E-state index is 5.70. The van der Waals surface area contributed by atoms with Crippen molar-refractivity contribution in [3.63, 3.8) is 0 Å². The molecule has 0 unspecified atom stereocenters. The average Bonchev–Trinajstić information content (AvgIpc) is 2.42. The van der Waals surface area contributed by atoms with Crippen molar-refractivity contribution >= 4 is 11.8 Å². The summed E-state index contributed by atoms with van der Waals surface area (Å²) in [5.74, 6) is 2.19. The van der Waals surface area contributed by atoms with Crippen LogP contribution in [0.3, 0.4) is 0 Å². The van der Waals surface area contributed by atoms with E-state index in [1.807, 2.05) is 11.8 Å². The molecule has 2 rings (SSSR count). The minimum Gasteiger partial charge on any atom is -0.379 e. The summed E-state index contributed by atoms with van der Waals surface area (Å²) in [6.07, 6.45) is 7.18. The Morgan fingerprint density at radius 3 is 2.00 bits per heavy atom. The van der Waals surface area contributed by atoms with Crippen LogP contribution < -0.4 is 0 Å². The molecule has 0 N–H and O–H groups in total. The molecular weight excluding hydrogens is 335 g/mol. The van der Waals surface area contributed by atoms with E-state index in [1.165, 1.54) is 42.8 Å². The van der Waals surface area contributed by atoms with E-state index < -0.39 is 0 Å². The Bertz CT molecular complexity index is 335. The van der Waals surface area contributed by atoms with Gasteiger partial charge in [0.1, 0.15) is 0 Å². The first-order chi connectivity index (χ1) is 8.88. The van der Waals surface area contributed by atoms with Gasteiger partial charge in [0.05, 0.1) is 6.10 Å². The van der Waals surface area contributed by atoms with Gasteiger partial charge in [0.25, 0.3) is 0 Å². The lowest BCUT2D eigenvalue weighted by molar-refractivity contribution is 0.0255. The van der Waals surface area contributed by atoms with E-state index in [-0.39, 0.29) is 23.5 Å². The Hall–Kier alpha value is -0.820. The van der Waals surface area contributed by atoms with Crippen LogP contribution in [0.5, 0.6) is 0 Å². The summed E-state index contributed by atoms with van der Waals surface area (Å²) in [4.78, 5) is 1.40. The minimum absolute atomic E-state index is 0. The zero-order chi connectivity index (χ0) is 12.6. The van der Waals surface area contributed by atoms with Gasteiger partial charge in [-0.3, -0.25) is 23.5 Å². The van der Waals surface area contributed by atoms with E-state index in [0.717, 1.165) is 12.5 Å². The molecule has 0 bridgehead atoms. The summed E-state index contributed by atoms with van der Waals surface area (Å²) >= 11 is 1.99. The summed E-state index contributed by atoms with van der Waals surface area (Å²) in [6.45, 7) is 2.97. The van der Waals surface area contributed by atoms with E-state index in [2.05, 4.69) is 37.3 Å². The van der Waals surface area contributed by atoms with E-state index in [9.17, 15) is 0 Å². The first kappa shape index (κ1) is 30.1. The number of benzene rings is 1. The molecule has 0 saturated heterocycles. The molecule has 1 saturated carbocycles. The fraction of sp³-hybridized carbons (Fsp3) is 0.625. The molecule has 140 valence electrons. The quantitative estimate of drug-likeness (QED) is 0.485. The van der Waals surface area contributed by atoms with Crippen molar-refractivity contribution in [2.75, 3.05) is 12.4 Å². The maximum atomic E-state index is 5.70. The number of rotatable bonds is 6. The number of ether oxygens (including phenoxy) is 1. The largest absolute Gasteiger partial charge is 0.379 e. The first-order valence-electron chi connectivity index (χ1n) is 7.18. The fourth-order valence-electron chi connectivity index (χ4n) is 2.68. The molecule has 1 aliphatic rings. The topological polar surface area (TPSA) is 9.23 Å². The third kappa shape index (κ3) is 11.4. The summed E-state index contributed by atoms with van der Waals surface area (Å²) in [6, 6.07) is 10.7. The molecule has 0 atom stereocenters. The second kappa shape index (κ2) is 17.5. The van der Waals surface area contributed by atoms with Crippen LogP contribution >= 0.6 is 11.8 Å². The monoisotopic (exact) mass is 364 g/mol. The molecule has 7 heteroatoms. The Labute approximate surface area is 139 Å². The Morgan fingerprint density at radius 2 is 1.48 bits per heavy atom. The van der Waals surface area contributed by atoms with Crippen LogP contribution in [-0.4, -0.2) is 18.5 Å². The van der Waals surface area contributed by atoms with Gasteiger partial charge >= 0.3 is 0 Å². The van der Waals surface area contributed by atoms with Gasteiger partial charge < -0.3 is 4.74 Å². The van der Waals surface area contributed by atoms with Crippen LogP contribution in [0.4, 0.5) is 23.5 Å². The van der Waals surface area contributed by atoms with Crippen molar-refractivity contribution in [2.45, 2.75) is 50.0 Å². The number of hydrogen-bond donors (Lipinski definition) is 0. The molecule has 1 aliphatic carbocycles. The highest BCUT2D eigenvalue weighted by Crippen LogP contribution is 2.30. The molecule has 0 spiro atoms. The molecule has 0 heterocycles. The van der Waals surface area contributed by atoms with Gasteiger partial charge in [0.2, 0.25) is 0 Å². The van der Waals surface area contributed by atoms with Crippen molar-refractivity contribution in [2.24, 2.45) is 5.92 Å². The highest BCUT2D eigenvalue weighted by atomic mass is 32.2. The smallest absolute Gasteiger partial charge is 0.0575 e. The molecular formula is C16H29F5OS. The first-order valence-corrected chi connectivity index (χ1v) is 8.16. The van der Waals surface area contributed by atoms with Crippen LogP contribution in [0.15, 0.2) is 35.2 Å². The zero-order valence-electron chi connectivity index (χ0n) is 13.3. The van der Waals surface area contributed by atoms with Crippen molar-refractivity contribution in [3.05, 3.63) is 30.3 Å². The lowest BCUT2D eigenvalue weighted by Gasteiger charge is -2.28. The highest BCUT2D eigenvalue weighted by Gasteiger charge is 2.20. The lowest BCUT2D eigenvalue weighted by Crippen LogP contribution is -2.21. The fourth-order valence-corrected chi connectivity index (χ4v) is 3.72. The summed E-state index contributed by atoms with van der Waals surface area (Å²) < 4.78 is 5.70. The molecule has 0 radical (unpaired) electrons. The Balaban J connectivity index is -0.000000361. The number of hydrogen-bond acceptors (Lipinski definition) is 2. The van der Waals surface area contributed by atoms with Crippen molar-refractivity contribution < 1.29 is 28.3 Å². The van der Waals surface area contributed by atoms with E-state index in [1.54, 1.807) is 0 Å². The van der Waals surface area contributed by atoms with Crippen molar-refractivity contribution in [1.29, 1.82) is 0 Å². The van der Waals surface area contributed by atoms with Crippen LogP contribution in [0, 0.1) is 5.92 Å². The van der Waals surface area contributed by atoms with Crippen LogP contribution in [-0.2, 0) is 4.74 Å². The van der Waals surface area contributed by atoms with E-state index in [0.29, 0.717) is 6.10 Å². The van der Waals surface area contributed by atoms with Gasteiger partial charge in [0.15, 0.2) is 0 Å². The molecule has 0 amide bonds. The highest BCUT2D eigenvalue weighted by molar-refractivity contribution is 7.99. The van der Waals surface area contributed by atoms with Crippen LogP contribution in [0.25, 0.3) is 0 Å². The maximum Gasteiger partial charge on any atom is 0.0575 e. The van der Waals surface area contributed by atoms with Crippen LogP contribution in [0.1, 0.15) is 39.0 Å². The van der Waals surface area contributed by atoms with E-state index >= 15 is 0 Å². The SMILES string of the molecule is CCOC1CCC(CCSc2ccccc2)CC1.F.F.F.F.F. The van der Waals surface area contributed by atoms with Gasteiger partial charge in [-0.1, -0.05) is 18.2 Å². The lowest BCUT2D eigenvalue weighted by atomic mass is 9.86. The van der Waals surface area contributed by atoms with Gasteiger partial charge in [-0.25, -0.2) is 0 Å². The van der Waals surface area contributed by atoms with Gasteiger partial charge in [-0.2, -0.15) is 0 Å². The normalized spacial score (nSPS) is 18.8. The van der Waals surface area contributed by atoms with Crippen molar-refractivity contribution in [1.82, 2.24) is 0 Å².